The van der Waals surface area contributed by atoms with Gasteiger partial charge in [0.05, 0.1) is 24.3 Å². The van der Waals surface area contributed by atoms with Crippen LogP contribution in [0.5, 0.6) is 0 Å². The molecule has 1 N–H and O–H groups in total. The van der Waals surface area contributed by atoms with Crippen molar-refractivity contribution in [3.63, 3.8) is 0 Å². The number of amides is 1. The summed E-state index contributed by atoms with van der Waals surface area (Å²) in [6.07, 6.45) is 0.831. The van der Waals surface area contributed by atoms with E-state index in [0.29, 0.717) is 16.8 Å². The number of carbonyl (C=O) groups excluding carboxylic acids is 3. The first-order chi connectivity index (χ1) is 17.9. The van der Waals surface area contributed by atoms with Crippen molar-refractivity contribution in [2.75, 3.05) is 12.0 Å². The summed E-state index contributed by atoms with van der Waals surface area (Å²) in [4.78, 5) is 40.5. The van der Waals surface area contributed by atoms with Crippen LogP contribution in [-0.2, 0) is 20.7 Å². The molecule has 4 aromatic carbocycles. The molecule has 6 nitrogen and oxygen atoms in total. The topological polar surface area (TPSA) is 83.9 Å². The second kappa shape index (κ2) is 9.74. The van der Waals surface area contributed by atoms with Crippen molar-refractivity contribution >= 4 is 39.9 Å². The van der Waals surface area contributed by atoms with Crippen LogP contribution in [0, 0.1) is 0 Å². The van der Waals surface area contributed by atoms with Gasteiger partial charge in [0.15, 0.2) is 0 Å². The number of anilines is 1. The van der Waals surface area contributed by atoms with Gasteiger partial charge in [0.1, 0.15) is 5.76 Å². The van der Waals surface area contributed by atoms with E-state index in [9.17, 15) is 19.5 Å². The van der Waals surface area contributed by atoms with Gasteiger partial charge in [-0.3, -0.25) is 14.5 Å². The number of ketones is 1. The summed E-state index contributed by atoms with van der Waals surface area (Å²) in [5.41, 5.74) is 2.83. The molecular formula is C31H25NO5. The predicted octanol–water partition coefficient (Wildman–Crippen LogP) is 5.82. The van der Waals surface area contributed by atoms with Gasteiger partial charge in [-0.25, -0.2) is 4.79 Å². The van der Waals surface area contributed by atoms with E-state index < -0.39 is 23.7 Å². The van der Waals surface area contributed by atoms with Crippen LogP contribution in [0.2, 0.25) is 0 Å². The van der Waals surface area contributed by atoms with Crippen molar-refractivity contribution in [1.29, 1.82) is 0 Å². The maximum absolute atomic E-state index is 13.5. The monoisotopic (exact) mass is 491 g/mol. The lowest BCUT2D eigenvalue weighted by Crippen LogP contribution is -2.29. The molecule has 0 aromatic heterocycles. The number of methoxy groups -OCH3 is 1. The first-order valence-corrected chi connectivity index (χ1v) is 12.0. The van der Waals surface area contributed by atoms with Crippen molar-refractivity contribution in [3.05, 3.63) is 119 Å². The molecular weight excluding hydrogens is 466 g/mol. The lowest BCUT2D eigenvalue weighted by atomic mass is 9.92. The molecule has 0 aliphatic carbocycles. The Kier molecular flexibility index (Phi) is 6.32. The highest BCUT2D eigenvalue weighted by Crippen LogP contribution is 2.43. The Morgan fingerprint density at radius 3 is 2.35 bits per heavy atom. The number of Topliss-reactive ketones (excluding diaryl/α,β-unsaturated/α-hetero) is 1. The number of rotatable bonds is 5. The van der Waals surface area contributed by atoms with Crippen LogP contribution in [0.1, 0.15) is 40.0 Å². The average Bonchev–Trinajstić information content (AvgIpc) is 3.21. The fourth-order valence-electron chi connectivity index (χ4n) is 4.83. The molecule has 4 aromatic rings. The number of fused-ring (bicyclic) bond motifs is 1. The van der Waals surface area contributed by atoms with E-state index in [1.54, 1.807) is 30.3 Å². The van der Waals surface area contributed by atoms with Gasteiger partial charge in [-0.1, -0.05) is 79.7 Å². The standard InChI is InChI=1S/C31H25NO5/c1-3-19-14-16-21(17-15-19)27-26(28(33)25-13-7-9-20-8-4-5-12-24(20)25)29(34)30(35)32(27)23-11-6-10-22(18-23)31(36)37-2/h4-18,27,33H,3H2,1-2H3/b28-26-. The molecule has 5 rings (SSSR count). The maximum atomic E-state index is 13.5. The second-order valence-electron chi connectivity index (χ2n) is 8.83. The van der Waals surface area contributed by atoms with E-state index >= 15 is 0 Å². The van der Waals surface area contributed by atoms with Crippen molar-refractivity contribution in [2.24, 2.45) is 0 Å². The summed E-state index contributed by atoms with van der Waals surface area (Å²) < 4.78 is 4.84. The van der Waals surface area contributed by atoms with Crippen LogP contribution in [0.4, 0.5) is 5.69 Å². The molecule has 0 radical (unpaired) electrons. The number of benzene rings is 4. The molecule has 1 amide bonds. The van der Waals surface area contributed by atoms with Crippen LogP contribution >= 0.6 is 0 Å². The Labute approximate surface area is 214 Å². The summed E-state index contributed by atoms with van der Waals surface area (Å²) in [5.74, 6) is -2.38. The summed E-state index contributed by atoms with van der Waals surface area (Å²) in [6.45, 7) is 2.04. The summed E-state index contributed by atoms with van der Waals surface area (Å²) in [7, 11) is 1.28. The van der Waals surface area contributed by atoms with E-state index in [0.717, 1.165) is 22.8 Å². The average molecular weight is 492 g/mol. The second-order valence-corrected chi connectivity index (χ2v) is 8.83. The summed E-state index contributed by atoms with van der Waals surface area (Å²) in [5, 5.41) is 13.3. The molecule has 1 aliphatic rings. The zero-order chi connectivity index (χ0) is 26.1. The molecule has 37 heavy (non-hydrogen) atoms. The fraction of sp³-hybridized carbons (Fsp3) is 0.129. The van der Waals surface area contributed by atoms with Gasteiger partial charge >= 0.3 is 5.97 Å². The third kappa shape index (κ3) is 4.16. The van der Waals surface area contributed by atoms with Crippen LogP contribution in [0.3, 0.4) is 0 Å². The van der Waals surface area contributed by atoms with E-state index in [-0.39, 0.29) is 16.9 Å². The zero-order valence-corrected chi connectivity index (χ0v) is 20.5. The highest BCUT2D eigenvalue weighted by atomic mass is 16.5. The Hall–Kier alpha value is -4.71. The fourth-order valence-corrected chi connectivity index (χ4v) is 4.83. The number of carbonyl (C=O) groups is 3. The molecule has 1 atom stereocenters. The number of aliphatic hydroxyl groups excluding tert-OH is 1. The molecule has 6 heteroatoms. The smallest absolute Gasteiger partial charge is 0.337 e. The largest absolute Gasteiger partial charge is 0.507 e. The molecule has 0 saturated carbocycles. The number of aryl methyl sites for hydroxylation is 1. The highest BCUT2D eigenvalue weighted by molar-refractivity contribution is 6.51. The molecule has 1 saturated heterocycles. The third-order valence-corrected chi connectivity index (χ3v) is 6.74. The Morgan fingerprint density at radius 1 is 0.919 bits per heavy atom. The van der Waals surface area contributed by atoms with Gasteiger partial charge in [0.2, 0.25) is 0 Å². The van der Waals surface area contributed by atoms with Crippen LogP contribution < -0.4 is 4.90 Å². The molecule has 0 spiro atoms. The van der Waals surface area contributed by atoms with E-state index in [2.05, 4.69) is 0 Å². The number of nitrogens with zero attached hydrogens (tertiary/aromatic N) is 1. The zero-order valence-electron chi connectivity index (χ0n) is 20.5. The van der Waals surface area contributed by atoms with Crippen molar-refractivity contribution < 1.29 is 24.2 Å². The van der Waals surface area contributed by atoms with Crippen LogP contribution in [-0.4, -0.2) is 29.9 Å². The number of ether oxygens (including phenoxy) is 1. The number of hydrogen-bond donors (Lipinski definition) is 1. The molecule has 1 aliphatic heterocycles. The minimum atomic E-state index is -0.891. The van der Waals surface area contributed by atoms with Crippen molar-refractivity contribution in [3.8, 4) is 0 Å². The van der Waals surface area contributed by atoms with Gasteiger partial charge in [0.25, 0.3) is 11.7 Å². The van der Waals surface area contributed by atoms with Gasteiger partial charge in [-0.15, -0.1) is 0 Å². The predicted molar refractivity (Wildman–Crippen MR) is 142 cm³/mol. The molecule has 1 fully saturated rings. The maximum Gasteiger partial charge on any atom is 0.337 e. The van der Waals surface area contributed by atoms with Gasteiger partial charge in [0, 0.05) is 11.3 Å². The van der Waals surface area contributed by atoms with E-state index in [1.807, 2.05) is 61.5 Å². The third-order valence-electron chi connectivity index (χ3n) is 6.74. The highest BCUT2D eigenvalue weighted by Gasteiger charge is 2.47. The number of aliphatic hydroxyl groups is 1. The van der Waals surface area contributed by atoms with E-state index in [4.69, 9.17) is 4.74 Å². The van der Waals surface area contributed by atoms with Crippen LogP contribution in [0.15, 0.2) is 96.6 Å². The summed E-state index contributed by atoms with van der Waals surface area (Å²) in [6, 6.07) is 26.1. The molecule has 1 heterocycles. The number of hydrogen-bond acceptors (Lipinski definition) is 5. The Balaban J connectivity index is 1.75. The van der Waals surface area contributed by atoms with E-state index in [1.165, 1.54) is 18.1 Å². The normalized spacial score (nSPS) is 16.8. The quantitative estimate of drug-likeness (QED) is 0.165. The Bertz CT molecular complexity index is 1560. The first-order valence-electron chi connectivity index (χ1n) is 12.0. The lowest BCUT2D eigenvalue weighted by Gasteiger charge is -2.26. The SMILES string of the molecule is CCc1ccc(C2/C(=C(/O)c3cccc4ccccc34)C(=O)C(=O)N2c2cccc(C(=O)OC)c2)cc1. The van der Waals surface area contributed by atoms with Gasteiger partial charge in [-0.05, 0) is 46.5 Å². The number of esters is 1. The van der Waals surface area contributed by atoms with Gasteiger partial charge < -0.3 is 9.84 Å². The lowest BCUT2D eigenvalue weighted by molar-refractivity contribution is -0.132. The first kappa shape index (κ1) is 24.0. The minimum Gasteiger partial charge on any atom is -0.507 e. The molecule has 1 unspecified atom stereocenters. The van der Waals surface area contributed by atoms with Crippen LogP contribution in [0.25, 0.3) is 16.5 Å². The van der Waals surface area contributed by atoms with Crippen molar-refractivity contribution in [2.45, 2.75) is 19.4 Å². The molecule has 0 bridgehead atoms. The Morgan fingerprint density at radius 2 is 1.62 bits per heavy atom. The molecule has 184 valence electrons. The minimum absolute atomic E-state index is 0.00549. The summed E-state index contributed by atoms with van der Waals surface area (Å²) >= 11 is 0. The van der Waals surface area contributed by atoms with Crippen molar-refractivity contribution in [1.82, 2.24) is 0 Å². The van der Waals surface area contributed by atoms with Gasteiger partial charge in [-0.2, -0.15) is 0 Å².